The van der Waals surface area contributed by atoms with Crippen LogP contribution in [0, 0.1) is 0 Å². The maximum Gasteiger partial charge on any atom is 0.254 e. The summed E-state index contributed by atoms with van der Waals surface area (Å²) >= 11 is 1.49. The maximum atomic E-state index is 13.1. The zero-order valence-electron chi connectivity index (χ0n) is 17.8. The van der Waals surface area contributed by atoms with Crippen LogP contribution < -0.4 is 5.32 Å². The van der Waals surface area contributed by atoms with Crippen molar-refractivity contribution in [1.82, 2.24) is 14.5 Å². The van der Waals surface area contributed by atoms with Gasteiger partial charge in [-0.25, -0.2) is 4.98 Å². The molecule has 1 aliphatic heterocycles. The average molecular weight is 443 g/mol. The lowest BCUT2D eigenvalue weighted by molar-refractivity contribution is -0.113. The van der Waals surface area contributed by atoms with Crippen molar-refractivity contribution in [2.75, 3.05) is 18.1 Å². The highest BCUT2D eigenvalue weighted by atomic mass is 32.2. The number of anilines is 1. The molecule has 1 unspecified atom stereocenters. The van der Waals surface area contributed by atoms with Crippen LogP contribution in [0.1, 0.15) is 28.9 Å². The van der Waals surface area contributed by atoms with Crippen LogP contribution in [0.2, 0.25) is 0 Å². The third kappa shape index (κ3) is 3.65. The first kappa shape index (κ1) is 20.3. The molecule has 2 amide bonds. The van der Waals surface area contributed by atoms with E-state index in [0.717, 1.165) is 27.2 Å². The third-order valence-corrected chi connectivity index (χ3v) is 6.94. The van der Waals surface area contributed by atoms with Crippen molar-refractivity contribution in [2.24, 2.45) is 0 Å². The van der Waals surface area contributed by atoms with Crippen molar-refractivity contribution < 1.29 is 9.59 Å². The molecule has 0 spiro atoms. The minimum atomic E-state index is -0.115. The highest BCUT2D eigenvalue weighted by Gasteiger charge is 2.22. The Labute approximate surface area is 190 Å². The minimum absolute atomic E-state index is 0.0421. The molecule has 5 rings (SSSR count). The fourth-order valence-corrected chi connectivity index (χ4v) is 4.69. The third-order valence-electron chi connectivity index (χ3n) is 5.87. The molecular weight excluding hydrogens is 420 g/mol. The molecule has 0 radical (unpaired) electrons. The highest BCUT2D eigenvalue weighted by molar-refractivity contribution is 8.00. The van der Waals surface area contributed by atoms with Crippen LogP contribution in [-0.4, -0.2) is 39.1 Å². The number of thioether (sulfide) groups is 1. The smallest absolute Gasteiger partial charge is 0.254 e. The number of carbonyl (C=O) groups is 2. The highest BCUT2D eigenvalue weighted by Crippen LogP contribution is 2.33. The van der Waals surface area contributed by atoms with Gasteiger partial charge in [-0.1, -0.05) is 24.3 Å². The first-order valence-corrected chi connectivity index (χ1v) is 11.4. The van der Waals surface area contributed by atoms with E-state index in [2.05, 4.69) is 14.9 Å². The fourth-order valence-electron chi connectivity index (χ4n) is 3.90. The molecular formula is C25H22N4O2S. The zero-order valence-corrected chi connectivity index (χ0v) is 18.6. The molecule has 1 atom stereocenters. The number of nitrogens with one attached hydrogen (secondary N) is 1. The molecule has 7 heteroatoms. The summed E-state index contributed by atoms with van der Waals surface area (Å²) in [6.45, 7) is 2.01. The number of hydrogen-bond donors (Lipinski definition) is 1. The molecule has 3 aromatic carbocycles. The molecule has 0 saturated carbocycles. The Morgan fingerprint density at radius 3 is 2.72 bits per heavy atom. The van der Waals surface area contributed by atoms with Crippen molar-refractivity contribution in [3.63, 3.8) is 0 Å². The van der Waals surface area contributed by atoms with E-state index in [4.69, 9.17) is 0 Å². The van der Waals surface area contributed by atoms with Gasteiger partial charge in [0.2, 0.25) is 5.91 Å². The number of fused-ring (bicyclic) bond motifs is 2. The summed E-state index contributed by atoms with van der Waals surface area (Å²) in [6, 6.07) is 21.6. The molecule has 0 fully saturated rings. The lowest BCUT2D eigenvalue weighted by Crippen LogP contribution is -2.30. The minimum Gasteiger partial charge on any atom is -0.335 e. The summed E-state index contributed by atoms with van der Waals surface area (Å²) in [5.41, 5.74) is 5.33. The lowest BCUT2D eigenvalue weighted by Gasteiger charge is -2.26. The largest absolute Gasteiger partial charge is 0.335 e. The van der Waals surface area contributed by atoms with Crippen LogP contribution in [0.25, 0.3) is 16.7 Å². The van der Waals surface area contributed by atoms with Gasteiger partial charge in [0.25, 0.3) is 5.91 Å². The van der Waals surface area contributed by atoms with Gasteiger partial charge in [0.05, 0.1) is 28.5 Å². The standard InChI is InChI=1S/C25H22N4O2S/c1-16(28(2)25(31)18-9-12-23-21(13-18)27-24(30)14-32-23)17-7-10-19(11-8-17)29-15-26-20-5-3-4-6-22(20)29/h3-13,15-16H,14H2,1-2H3,(H,27,30). The SMILES string of the molecule is CC(c1ccc(-n2cnc3ccccc32)cc1)N(C)C(=O)c1ccc2c(c1)NC(=O)CS2. The second-order valence-electron chi connectivity index (χ2n) is 7.83. The molecule has 2 heterocycles. The molecule has 160 valence electrons. The van der Waals surface area contributed by atoms with E-state index in [1.165, 1.54) is 11.8 Å². The summed E-state index contributed by atoms with van der Waals surface area (Å²) in [7, 11) is 1.80. The molecule has 0 saturated heterocycles. The van der Waals surface area contributed by atoms with Crippen LogP contribution in [0.15, 0.2) is 78.0 Å². The van der Waals surface area contributed by atoms with E-state index in [1.807, 2.05) is 73.9 Å². The van der Waals surface area contributed by atoms with Crippen molar-refractivity contribution in [2.45, 2.75) is 17.9 Å². The predicted octanol–water partition coefficient (Wildman–Crippen LogP) is 4.90. The molecule has 1 aliphatic rings. The molecule has 0 aliphatic carbocycles. The number of nitrogens with zero attached hydrogens (tertiary/aromatic N) is 3. The van der Waals surface area contributed by atoms with Gasteiger partial charge >= 0.3 is 0 Å². The number of carbonyl (C=O) groups excluding carboxylic acids is 2. The summed E-state index contributed by atoms with van der Waals surface area (Å²) < 4.78 is 2.05. The van der Waals surface area contributed by atoms with Crippen molar-refractivity contribution in [3.05, 3.63) is 84.2 Å². The number of para-hydroxylation sites is 2. The summed E-state index contributed by atoms with van der Waals surface area (Å²) in [5, 5.41) is 2.85. The number of rotatable bonds is 4. The molecule has 0 bridgehead atoms. The number of hydrogen-bond acceptors (Lipinski definition) is 4. The number of benzene rings is 3. The number of imidazole rings is 1. The first-order valence-electron chi connectivity index (χ1n) is 10.4. The quantitative estimate of drug-likeness (QED) is 0.488. The van der Waals surface area contributed by atoms with Crippen molar-refractivity contribution >= 4 is 40.3 Å². The van der Waals surface area contributed by atoms with E-state index in [-0.39, 0.29) is 17.9 Å². The normalized spacial score (nSPS) is 14.0. The number of aromatic nitrogens is 2. The van der Waals surface area contributed by atoms with Gasteiger partial charge in [0.15, 0.2) is 0 Å². The molecule has 1 aromatic heterocycles. The summed E-state index contributed by atoms with van der Waals surface area (Å²) in [6.07, 6.45) is 1.83. The monoisotopic (exact) mass is 442 g/mol. The van der Waals surface area contributed by atoms with Gasteiger partial charge in [-0.3, -0.25) is 14.2 Å². The van der Waals surface area contributed by atoms with Crippen LogP contribution >= 0.6 is 11.8 Å². The maximum absolute atomic E-state index is 13.1. The topological polar surface area (TPSA) is 67.2 Å². The van der Waals surface area contributed by atoms with E-state index in [9.17, 15) is 9.59 Å². The Bertz CT molecular complexity index is 1330. The molecule has 6 nitrogen and oxygen atoms in total. The van der Waals surface area contributed by atoms with E-state index < -0.39 is 0 Å². The van der Waals surface area contributed by atoms with Gasteiger partial charge in [-0.05, 0) is 55.0 Å². The van der Waals surface area contributed by atoms with Gasteiger partial charge < -0.3 is 10.2 Å². The molecule has 1 N–H and O–H groups in total. The van der Waals surface area contributed by atoms with Gasteiger partial charge in [-0.15, -0.1) is 11.8 Å². The van der Waals surface area contributed by atoms with E-state index >= 15 is 0 Å². The van der Waals surface area contributed by atoms with Crippen LogP contribution in [-0.2, 0) is 4.79 Å². The lowest BCUT2D eigenvalue weighted by atomic mass is 10.1. The van der Waals surface area contributed by atoms with Crippen molar-refractivity contribution in [3.8, 4) is 5.69 Å². The molecule has 32 heavy (non-hydrogen) atoms. The average Bonchev–Trinajstić information content (AvgIpc) is 3.26. The fraction of sp³-hybridized carbons (Fsp3) is 0.160. The summed E-state index contributed by atoms with van der Waals surface area (Å²) in [4.78, 5) is 32.0. The Morgan fingerprint density at radius 2 is 1.91 bits per heavy atom. The first-order chi connectivity index (χ1) is 15.5. The van der Waals surface area contributed by atoms with E-state index in [0.29, 0.717) is 17.0 Å². The van der Waals surface area contributed by atoms with Crippen LogP contribution in [0.3, 0.4) is 0 Å². The van der Waals surface area contributed by atoms with Crippen molar-refractivity contribution in [1.29, 1.82) is 0 Å². The van der Waals surface area contributed by atoms with Crippen LogP contribution in [0.4, 0.5) is 5.69 Å². The Morgan fingerprint density at radius 1 is 1.12 bits per heavy atom. The van der Waals surface area contributed by atoms with E-state index in [1.54, 1.807) is 18.0 Å². The second kappa shape index (κ2) is 8.16. The second-order valence-corrected chi connectivity index (χ2v) is 8.85. The Hall–Kier alpha value is -3.58. The van der Waals surface area contributed by atoms with Gasteiger partial charge in [0.1, 0.15) is 6.33 Å². The summed E-state index contributed by atoms with van der Waals surface area (Å²) in [5.74, 6) is 0.275. The molecule has 4 aromatic rings. The van der Waals surface area contributed by atoms with Crippen LogP contribution in [0.5, 0.6) is 0 Å². The Kier molecular flexibility index (Phi) is 5.19. The number of amides is 2. The Balaban J connectivity index is 1.36. The van der Waals surface area contributed by atoms with Gasteiger partial charge in [0, 0.05) is 23.2 Å². The van der Waals surface area contributed by atoms with Gasteiger partial charge in [-0.2, -0.15) is 0 Å². The predicted molar refractivity (Wildman–Crippen MR) is 127 cm³/mol. The zero-order chi connectivity index (χ0) is 22.2.